The average molecular weight is 256 g/mol. The normalized spacial score (nSPS) is 8.60. The number of hydrogen-bond donors (Lipinski definition) is 0. The molecule has 0 saturated carbocycles. The van der Waals surface area contributed by atoms with Gasteiger partial charge >= 0.3 is 0 Å². The third kappa shape index (κ3) is 5.25. The quantitative estimate of drug-likeness (QED) is 0.508. The van der Waals surface area contributed by atoms with Crippen LogP contribution in [0.1, 0.15) is 11.1 Å². The third-order valence-electron chi connectivity index (χ3n) is 2.57. The minimum Gasteiger partial charge on any atom is -0.0623 e. The molecular weight excluding hydrogens is 240 g/mol. The van der Waals surface area contributed by atoms with Crippen LogP contribution in [-0.4, -0.2) is 0 Å². The molecule has 0 radical (unpaired) electrons. The van der Waals surface area contributed by atoms with E-state index in [-0.39, 0.29) is 0 Å². The van der Waals surface area contributed by atoms with Crippen molar-refractivity contribution in [2.45, 2.75) is 0 Å². The average Bonchev–Trinajstić information content (AvgIpc) is 2.57. The second-order valence-corrected chi connectivity index (χ2v) is 4.14. The zero-order valence-electron chi connectivity index (χ0n) is 11.2. The van der Waals surface area contributed by atoms with Gasteiger partial charge in [-0.3, -0.25) is 0 Å². The first-order chi connectivity index (χ1) is 9.95. The summed E-state index contributed by atoms with van der Waals surface area (Å²) in [5, 5.41) is 0. The maximum atomic E-state index is 3.11. The Balaban J connectivity index is 0.000000205. The van der Waals surface area contributed by atoms with Crippen molar-refractivity contribution in [3.05, 3.63) is 108 Å². The molecule has 0 heterocycles. The lowest BCUT2D eigenvalue weighted by molar-refractivity contribution is 1.62. The summed E-state index contributed by atoms with van der Waals surface area (Å²) in [7, 11) is 0. The molecule has 0 aliphatic rings. The Morgan fingerprint density at radius 3 is 0.900 bits per heavy atom. The van der Waals surface area contributed by atoms with Gasteiger partial charge < -0.3 is 0 Å². The molecule has 0 atom stereocenters. The smallest absolute Gasteiger partial charge is 0.0249 e. The topological polar surface area (TPSA) is 0 Å². The van der Waals surface area contributed by atoms with Gasteiger partial charge in [-0.05, 0) is 24.3 Å². The second-order valence-electron chi connectivity index (χ2n) is 4.14. The first-order valence-corrected chi connectivity index (χ1v) is 6.57. The molecule has 0 N–H and O–H groups in total. The Bertz CT molecular complexity index is 574. The fourth-order valence-corrected chi connectivity index (χ4v) is 1.57. The van der Waals surface area contributed by atoms with Gasteiger partial charge in [-0.25, -0.2) is 0 Å². The summed E-state index contributed by atoms with van der Waals surface area (Å²) in [6, 6.07) is 32.0. The Hall–Kier alpha value is -2.78. The van der Waals surface area contributed by atoms with Crippen LogP contribution in [0.2, 0.25) is 0 Å². The van der Waals surface area contributed by atoms with Gasteiger partial charge in [0.1, 0.15) is 0 Å². The van der Waals surface area contributed by atoms with Crippen molar-refractivity contribution in [2.75, 3.05) is 0 Å². The summed E-state index contributed by atoms with van der Waals surface area (Å²) in [6.07, 6.45) is 0. The van der Waals surface area contributed by atoms with Crippen LogP contribution in [0.3, 0.4) is 0 Å². The molecule has 0 aliphatic heterocycles. The highest BCUT2D eigenvalue weighted by molar-refractivity contribution is 5.42. The van der Waals surface area contributed by atoms with Gasteiger partial charge in [-0.1, -0.05) is 84.6 Å². The van der Waals surface area contributed by atoms with Gasteiger partial charge in [0.2, 0.25) is 0 Å². The minimum atomic E-state index is 1.05. The van der Waals surface area contributed by atoms with Crippen LogP contribution in [0.15, 0.2) is 97.1 Å². The number of rotatable bonds is 0. The van der Waals surface area contributed by atoms with Crippen molar-refractivity contribution in [2.24, 2.45) is 0 Å². The predicted molar refractivity (Wildman–Crippen MR) is 85.3 cm³/mol. The van der Waals surface area contributed by atoms with E-state index in [0.29, 0.717) is 0 Å². The monoisotopic (exact) mass is 256 g/mol. The van der Waals surface area contributed by atoms with Gasteiger partial charge in [-0.15, -0.1) is 0 Å². The van der Waals surface area contributed by atoms with E-state index in [9.17, 15) is 0 Å². The maximum absolute atomic E-state index is 3.11. The van der Waals surface area contributed by atoms with Crippen molar-refractivity contribution >= 4 is 0 Å². The summed E-state index contributed by atoms with van der Waals surface area (Å²) < 4.78 is 0. The van der Waals surface area contributed by atoms with Gasteiger partial charge in [0.05, 0.1) is 0 Å². The molecular formula is C20H16. The first kappa shape index (κ1) is 13.6. The summed E-state index contributed by atoms with van der Waals surface area (Å²) in [5.74, 6) is 6.22. The molecule has 0 amide bonds. The minimum absolute atomic E-state index is 1.05. The first-order valence-electron chi connectivity index (χ1n) is 6.57. The molecule has 0 unspecified atom stereocenters. The fourth-order valence-electron chi connectivity index (χ4n) is 1.57. The fraction of sp³-hybridized carbons (Fsp3) is 0. The maximum Gasteiger partial charge on any atom is 0.0249 e. The number of benzene rings is 3. The van der Waals surface area contributed by atoms with Gasteiger partial charge in [0.15, 0.2) is 0 Å². The molecule has 0 fully saturated rings. The van der Waals surface area contributed by atoms with Crippen molar-refractivity contribution in [1.82, 2.24) is 0 Å². The lowest BCUT2D eigenvalue weighted by atomic mass is 10.2. The Morgan fingerprint density at radius 1 is 0.350 bits per heavy atom. The predicted octanol–water partition coefficient (Wildman–Crippen LogP) is 4.77. The van der Waals surface area contributed by atoms with Crippen LogP contribution in [0, 0.1) is 11.8 Å². The van der Waals surface area contributed by atoms with E-state index in [0.717, 1.165) is 11.1 Å². The largest absolute Gasteiger partial charge is 0.0623 e. The zero-order chi connectivity index (χ0) is 13.9. The van der Waals surface area contributed by atoms with E-state index in [1.54, 1.807) is 0 Å². The molecule has 3 rings (SSSR count). The molecule has 0 saturated heterocycles. The molecule has 3 aromatic carbocycles. The SMILES string of the molecule is C(#Cc1ccccc1)c1ccccc1.c1ccccc1. The number of hydrogen-bond acceptors (Lipinski definition) is 0. The van der Waals surface area contributed by atoms with E-state index in [4.69, 9.17) is 0 Å². The lowest BCUT2D eigenvalue weighted by Crippen LogP contribution is -1.73. The van der Waals surface area contributed by atoms with E-state index in [2.05, 4.69) is 11.8 Å². The summed E-state index contributed by atoms with van der Waals surface area (Å²) in [6.45, 7) is 0. The van der Waals surface area contributed by atoms with E-state index in [1.807, 2.05) is 97.1 Å². The van der Waals surface area contributed by atoms with E-state index >= 15 is 0 Å². The van der Waals surface area contributed by atoms with Crippen LogP contribution in [0.4, 0.5) is 0 Å². The van der Waals surface area contributed by atoms with Crippen molar-refractivity contribution in [1.29, 1.82) is 0 Å². The van der Waals surface area contributed by atoms with Crippen LogP contribution < -0.4 is 0 Å². The van der Waals surface area contributed by atoms with Gasteiger partial charge in [0, 0.05) is 11.1 Å². The highest BCUT2D eigenvalue weighted by Gasteiger charge is 1.83. The molecule has 0 aliphatic carbocycles. The zero-order valence-corrected chi connectivity index (χ0v) is 11.2. The van der Waals surface area contributed by atoms with Gasteiger partial charge in [0.25, 0.3) is 0 Å². The summed E-state index contributed by atoms with van der Waals surface area (Å²) in [5.41, 5.74) is 2.10. The molecule has 0 aromatic heterocycles. The van der Waals surface area contributed by atoms with Crippen LogP contribution >= 0.6 is 0 Å². The van der Waals surface area contributed by atoms with Crippen LogP contribution in [-0.2, 0) is 0 Å². The highest BCUT2D eigenvalue weighted by Crippen LogP contribution is 1.98. The Labute approximate surface area is 120 Å². The second kappa shape index (κ2) is 8.34. The van der Waals surface area contributed by atoms with Crippen molar-refractivity contribution in [3.63, 3.8) is 0 Å². The Kier molecular flexibility index (Phi) is 5.69. The van der Waals surface area contributed by atoms with E-state index < -0.39 is 0 Å². The standard InChI is InChI=1S/C14H10.C6H6/c1-3-7-13(8-4-1)11-12-14-9-5-2-6-10-14;1-2-4-6-5-3-1/h1-10H;1-6H. The molecule has 0 bridgehead atoms. The van der Waals surface area contributed by atoms with E-state index in [1.165, 1.54) is 0 Å². The molecule has 0 nitrogen and oxygen atoms in total. The molecule has 3 aromatic rings. The Morgan fingerprint density at radius 2 is 0.600 bits per heavy atom. The van der Waals surface area contributed by atoms with Crippen LogP contribution in [0.25, 0.3) is 0 Å². The molecule has 96 valence electrons. The van der Waals surface area contributed by atoms with Gasteiger partial charge in [-0.2, -0.15) is 0 Å². The highest BCUT2D eigenvalue weighted by atomic mass is 13.9. The lowest BCUT2D eigenvalue weighted by Gasteiger charge is -1.88. The van der Waals surface area contributed by atoms with Crippen LogP contribution in [0.5, 0.6) is 0 Å². The van der Waals surface area contributed by atoms with Crippen molar-refractivity contribution in [3.8, 4) is 11.8 Å². The third-order valence-corrected chi connectivity index (χ3v) is 2.57. The molecule has 0 heteroatoms. The molecule has 0 spiro atoms. The molecule has 20 heavy (non-hydrogen) atoms. The summed E-state index contributed by atoms with van der Waals surface area (Å²) >= 11 is 0. The van der Waals surface area contributed by atoms with Crippen molar-refractivity contribution < 1.29 is 0 Å². The summed E-state index contributed by atoms with van der Waals surface area (Å²) in [4.78, 5) is 0.